The average Bonchev–Trinajstić information content (AvgIpc) is 2.81. The first-order valence-corrected chi connectivity index (χ1v) is 5.64. The molecule has 1 aromatic rings. The van der Waals surface area contributed by atoms with Gasteiger partial charge in [0.1, 0.15) is 5.75 Å². The van der Waals surface area contributed by atoms with E-state index in [4.69, 9.17) is 4.74 Å². The van der Waals surface area contributed by atoms with Crippen LogP contribution in [0.2, 0.25) is 0 Å². The van der Waals surface area contributed by atoms with E-state index in [0.717, 1.165) is 36.3 Å². The minimum atomic E-state index is 0. The molecule has 1 atom stereocenters. The van der Waals surface area contributed by atoms with Crippen LogP contribution in [-0.2, 0) is 0 Å². The maximum atomic E-state index is 12.1. The number of carbonyl (C=O) groups is 1. The van der Waals surface area contributed by atoms with Crippen LogP contribution in [0.5, 0.6) is 5.75 Å². The molecule has 1 fully saturated rings. The lowest BCUT2D eigenvalue weighted by Crippen LogP contribution is -2.30. The summed E-state index contributed by atoms with van der Waals surface area (Å²) in [6, 6.07) is 5.61. The van der Waals surface area contributed by atoms with Gasteiger partial charge in [0, 0.05) is 5.56 Å². The van der Waals surface area contributed by atoms with Gasteiger partial charge in [-0.05, 0) is 50.1 Å². The molecule has 1 unspecified atom stereocenters. The quantitative estimate of drug-likeness (QED) is 0.843. The summed E-state index contributed by atoms with van der Waals surface area (Å²) in [4.78, 5) is 12.1. The van der Waals surface area contributed by atoms with Crippen molar-refractivity contribution in [1.29, 1.82) is 0 Å². The van der Waals surface area contributed by atoms with E-state index in [-0.39, 0.29) is 24.2 Å². The van der Waals surface area contributed by atoms with E-state index in [9.17, 15) is 4.79 Å². The van der Waals surface area contributed by atoms with Crippen molar-refractivity contribution in [3.05, 3.63) is 29.3 Å². The number of methoxy groups -OCH3 is 1. The fourth-order valence-corrected chi connectivity index (χ4v) is 2.14. The number of hydrogen-bond acceptors (Lipinski definition) is 3. The molecule has 0 aliphatic carbocycles. The van der Waals surface area contributed by atoms with Crippen molar-refractivity contribution in [3.8, 4) is 5.75 Å². The Labute approximate surface area is 108 Å². The van der Waals surface area contributed by atoms with Gasteiger partial charge in [-0.15, -0.1) is 12.4 Å². The summed E-state index contributed by atoms with van der Waals surface area (Å²) in [5.41, 5.74) is 1.78. The van der Waals surface area contributed by atoms with Gasteiger partial charge in [0.15, 0.2) is 5.78 Å². The molecule has 0 aromatic heterocycles. The number of rotatable bonds is 3. The highest BCUT2D eigenvalue weighted by Crippen LogP contribution is 2.20. The first-order chi connectivity index (χ1) is 7.72. The van der Waals surface area contributed by atoms with Gasteiger partial charge < -0.3 is 10.1 Å². The van der Waals surface area contributed by atoms with Crippen LogP contribution >= 0.6 is 12.4 Å². The fraction of sp³-hybridized carbons (Fsp3) is 0.462. The van der Waals surface area contributed by atoms with E-state index >= 15 is 0 Å². The molecule has 0 radical (unpaired) electrons. The third-order valence-corrected chi connectivity index (χ3v) is 3.06. The van der Waals surface area contributed by atoms with Crippen molar-refractivity contribution in [2.45, 2.75) is 25.8 Å². The van der Waals surface area contributed by atoms with Gasteiger partial charge >= 0.3 is 0 Å². The molecule has 1 aromatic carbocycles. The summed E-state index contributed by atoms with van der Waals surface area (Å²) >= 11 is 0. The van der Waals surface area contributed by atoms with E-state index in [2.05, 4.69) is 5.32 Å². The predicted octanol–water partition coefficient (Wildman–Crippen LogP) is 2.36. The molecule has 1 N–H and O–H groups in total. The summed E-state index contributed by atoms with van der Waals surface area (Å²) in [5.74, 6) is 1.03. The molecular weight excluding hydrogens is 238 g/mol. The number of ketones is 1. The number of aryl methyl sites for hydroxylation is 1. The Balaban J connectivity index is 0.00000144. The van der Waals surface area contributed by atoms with Crippen LogP contribution in [0, 0.1) is 6.92 Å². The van der Waals surface area contributed by atoms with Crippen LogP contribution in [0.4, 0.5) is 0 Å². The van der Waals surface area contributed by atoms with E-state index in [0.29, 0.717) is 0 Å². The van der Waals surface area contributed by atoms with Crippen LogP contribution < -0.4 is 10.1 Å². The Morgan fingerprint density at radius 1 is 1.47 bits per heavy atom. The maximum absolute atomic E-state index is 12.1. The van der Waals surface area contributed by atoms with E-state index < -0.39 is 0 Å². The Bertz CT molecular complexity index is 400. The monoisotopic (exact) mass is 255 g/mol. The summed E-state index contributed by atoms with van der Waals surface area (Å²) in [7, 11) is 1.64. The third kappa shape index (κ3) is 2.99. The molecule has 94 valence electrons. The van der Waals surface area contributed by atoms with Crippen molar-refractivity contribution >= 4 is 18.2 Å². The van der Waals surface area contributed by atoms with Gasteiger partial charge in [0.05, 0.1) is 13.2 Å². The molecule has 0 saturated carbocycles. The second-order valence-electron chi connectivity index (χ2n) is 4.20. The van der Waals surface area contributed by atoms with Crippen LogP contribution in [0.25, 0.3) is 0 Å². The summed E-state index contributed by atoms with van der Waals surface area (Å²) < 4.78 is 5.18. The molecule has 3 nitrogen and oxygen atoms in total. The molecule has 1 aliphatic rings. The van der Waals surface area contributed by atoms with Gasteiger partial charge in [-0.25, -0.2) is 0 Å². The van der Waals surface area contributed by atoms with Crippen molar-refractivity contribution in [1.82, 2.24) is 5.32 Å². The van der Waals surface area contributed by atoms with Crippen LogP contribution in [0.15, 0.2) is 18.2 Å². The van der Waals surface area contributed by atoms with Gasteiger partial charge in [-0.2, -0.15) is 0 Å². The molecule has 17 heavy (non-hydrogen) atoms. The van der Waals surface area contributed by atoms with Crippen molar-refractivity contribution in [3.63, 3.8) is 0 Å². The number of ether oxygens (including phenoxy) is 1. The smallest absolute Gasteiger partial charge is 0.179 e. The van der Waals surface area contributed by atoms with Crippen molar-refractivity contribution in [2.24, 2.45) is 0 Å². The summed E-state index contributed by atoms with van der Waals surface area (Å²) in [6.45, 7) is 2.91. The molecule has 0 amide bonds. The summed E-state index contributed by atoms with van der Waals surface area (Å²) in [6.07, 6.45) is 2.04. The van der Waals surface area contributed by atoms with Gasteiger partial charge in [0.2, 0.25) is 0 Å². The topological polar surface area (TPSA) is 38.3 Å². The predicted molar refractivity (Wildman–Crippen MR) is 70.3 cm³/mol. The Hall–Kier alpha value is -1.06. The number of carbonyl (C=O) groups excluding carboxylic acids is 1. The molecule has 1 aliphatic heterocycles. The van der Waals surface area contributed by atoms with E-state index in [1.54, 1.807) is 7.11 Å². The van der Waals surface area contributed by atoms with Crippen LogP contribution in [0.1, 0.15) is 28.8 Å². The standard InChI is InChI=1S/C13H17NO2.ClH/c1-9-8-10(5-6-12(9)16-2)13(15)11-4-3-7-14-11;/h5-6,8,11,14H,3-4,7H2,1-2H3;1H. The molecule has 1 heterocycles. The lowest BCUT2D eigenvalue weighted by atomic mass is 10.0. The number of hydrogen-bond donors (Lipinski definition) is 1. The number of Topliss-reactive ketones (excluding diaryl/α,β-unsaturated/α-hetero) is 1. The second-order valence-corrected chi connectivity index (χ2v) is 4.20. The number of halogens is 1. The van der Waals surface area contributed by atoms with Crippen molar-refractivity contribution < 1.29 is 9.53 Å². The van der Waals surface area contributed by atoms with Crippen LogP contribution in [0.3, 0.4) is 0 Å². The highest BCUT2D eigenvalue weighted by atomic mass is 35.5. The fourth-order valence-electron chi connectivity index (χ4n) is 2.14. The van der Waals surface area contributed by atoms with Gasteiger partial charge in [0.25, 0.3) is 0 Å². The summed E-state index contributed by atoms with van der Waals surface area (Å²) in [5, 5.41) is 3.22. The highest BCUT2D eigenvalue weighted by molar-refractivity contribution is 6.00. The first-order valence-electron chi connectivity index (χ1n) is 5.64. The Kier molecular flexibility index (Phi) is 4.97. The highest BCUT2D eigenvalue weighted by Gasteiger charge is 2.23. The molecular formula is C13H18ClNO2. The third-order valence-electron chi connectivity index (χ3n) is 3.06. The zero-order chi connectivity index (χ0) is 11.5. The lowest BCUT2D eigenvalue weighted by molar-refractivity contribution is 0.0952. The zero-order valence-electron chi connectivity index (χ0n) is 10.2. The Morgan fingerprint density at radius 2 is 2.24 bits per heavy atom. The molecule has 2 rings (SSSR count). The van der Waals surface area contributed by atoms with E-state index in [1.807, 2.05) is 25.1 Å². The minimum absolute atomic E-state index is 0. The molecule has 0 bridgehead atoms. The molecule has 0 spiro atoms. The van der Waals surface area contributed by atoms with Crippen molar-refractivity contribution in [2.75, 3.05) is 13.7 Å². The Morgan fingerprint density at radius 3 is 2.76 bits per heavy atom. The van der Waals surface area contributed by atoms with E-state index in [1.165, 1.54) is 0 Å². The lowest BCUT2D eigenvalue weighted by Gasteiger charge is -2.11. The van der Waals surface area contributed by atoms with Crippen LogP contribution in [-0.4, -0.2) is 25.5 Å². The van der Waals surface area contributed by atoms with Gasteiger partial charge in [-0.3, -0.25) is 4.79 Å². The second kappa shape index (κ2) is 6.03. The number of nitrogens with one attached hydrogen (secondary N) is 1. The average molecular weight is 256 g/mol. The normalized spacial score (nSPS) is 18.6. The molecule has 4 heteroatoms. The maximum Gasteiger partial charge on any atom is 0.179 e. The first kappa shape index (κ1) is 14.0. The minimum Gasteiger partial charge on any atom is -0.496 e. The number of benzene rings is 1. The largest absolute Gasteiger partial charge is 0.496 e. The SMILES string of the molecule is COc1ccc(C(=O)C2CCCN2)cc1C.Cl. The zero-order valence-corrected chi connectivity index (χ0v) is 11.0. The van der Waals surface area contributed by atoms with Gasteiger partial charge in [-0.1, -0.05) is 0 Å². The molecule has 1 saturated heterocycles.